The molecule has 8 heteroatoms. The summed E-state index contributed by atoms with van der Waals surface area (Å²) in [5.41, 5.74) is 3.21. The number of rotatable bonds is 4. The van der Waals surface area contributed by atoms with Gasteiger partial charge in [-0.1, -0.05) is 12.1 Å². The molecule has 0 spiro atoms. The van der Waals surface area contributed by atoms with Crippen molar-refractivity contribution in [2.24, 2.45) is 0 Å². The Morgan fingerprint density at radius 3 is 2.63 bits per heavy atom. The molecule has 0 fully saturated rings. The fourth-order valence-electron chi connectivity index (χ4n) is 3.27. The number of carbonyl (C=O) groups excluding carboxylic acids is 1. The highest BCUT2D eigenvalue weighted by Gasteiger charge is 2.28. The monoisotopic (exact) mass is 389 g/mol. The van der Waals surface area contributed by atoms with Crippen molar-refractivity contribution in [1.29, 1.82) is 0 Å². The summed E-state index contributed by atoms with van der Waals surface area (Å²) < 4.78 is 30.5. The van der Waals surface area contributed by atoms with E-state index in [1.807, 2.05) is 25.1 Å². The van der Waals surface area contributed by atoms with Gasteiger partial charge in [0.2, 0.25) is 10.0 Å². The lowest BCUT2D eigenvalue weighted by Crippen LogP contribution is -2.41. The predicted molar refractivity (Wildman–Crippen MR) is 106 cm³/mol. The van der Waals surface area contributed by atoms with Gasteiger partial charge >= 0.3 is 6.03 Å². The molecular weight excluding hydrogens is 366 g/mol. The van der Waals surface area contributed by atoms with Gasteiger partial charge in [-0.25, -0.2) is 13.2 Å². The summed E-state index contributed by atoms with van der Waals surface area (Å²) in [6.45, 7) is 2.59. The second kappa shape index (κ2) is 7.48. The molecule has 0 radical (unpaired) electrons. The number of fused-ring (bicyclic) bond motifs is 1. The van der Waals surface area contributed by atoms with Gasteiger partial charge in [0.15, 0.2) is 0 Å². The molecule has 0 bridgehead atoms. The third kappa shape index (κ3) is 4.51. The Hall–Kier alpha value is -2.74. The van der Waals surface area contributed by atoms with E-state index in [4.69, 9.17) is 4.74 Å². The molecule has 0 aliphatic carbocycles. The second-order valence-corrected chi connectivity index (χ2v) is 8.32. The minimum absolute atomic E-state index is 0.0961. The average molecular weight is 389 g/mol. The Morgan fingerprint density at radius 1 is 1.19 bits per heavy atom. The van der Waals surface area contributed by atoms with Gasteiger partial charge in [-0.05, 0) is 54.8 Å². The fourth-order valence-corrected chi connectivity index (χ4v) is 3.82. The van der Waals surface area contributed by atoms with E-state index < -0.39 is 10.0 Å². The molecule has 1 aliphatic heterocycles. The molecule has 27 heavy (non-hydrogen) atoms. The highest BCUT2D eigenvalue weighted by atomic mass is 32.2. The number of urea groups is 1. The first-order chi connectivity index (χ1) is 12.8. The van der Waals surface area contributed by atoms with Crippen LogP contribution < -0.4 is 14.8 Å². The molecule has 1 heterocycles. The van der Waals surface area contributed by atoms with E-state index in [2.05, 4.69) is 10.0 Å². The standard InChI is InChI=1S/C19H23N3O4S/c1-13-18-12-17(26-2)8-7-14(18)9-10-22(13)19(23)20-15-5-4-6-16(11-15)21-27(3,24)25/h4-8,11-13,21H,9-10H2,1-3H3,(H,20,23)/t13-/m1/s1. The van der Waals surface area contributed by atoms with Gasteiger partial charge in [0.25, 0.3) is 0 Å². The van der Waals surface area contributed by atoms with Gasteiger partial charge in [0, 0.05) is 12.2 Å². The van der Waals surface area contributed by atoms with Crippen LogP contribution in [0, 0.1) is 0 Å². The molecule has 2 N–H and O–H groups in total. The minimum atomic E-state index is -3.38. The van der Waals surface area contributed by atoms with Crippen LogP contribution in [0.3, 0.4) is 0 Å². The summed E-state index contributed by atoms with van der Waals surface area (Å²) in [6.07, 6.45) is 1.85. The summed E-state index contributed by atoms with van der Waals surface area (Å²) in [4.78, 5) is 14.5. The number of nitrogens with zero attached hydrogens (tertiary/aromatic N) is 1. The number of benzene rings is 2. The molecular formula is C19H23N3O4S. The molecule has 0 saturated carbocycles. The van der Waals surface area contributed by atoms with Crippen molar-refractivity contribution in [2.45, 2.75) is 19.4 Å². The zero-order chi connectivity index (χ0) is 19.6. The van der Waals surface area contributed by atoms with Crippen LogP contribution in [-0.2, 0) is 16.4 Å². The Labute approximate surface area is 159 Å². The highest BCUT2D eigenvalue weighted by Crippen LogP contribution is 2.32. The van der Waals surface area contributed by atoms with Crippen molar-refractivity contribution in [2.75, 3.05) is 29.9 Å². The molecule has 7 nitrogen and oxygen atoms in total. The quantitative estimate of drug-likeness (QED) is 0.840. The molecule has 2 amide bonds. The predicted octanol–water partition coefficient (Wildman–Crippen LogP) is 3.22. The number of carbonyl (C=O) groups is 1. The second-order valence-electron chi connectivity index (χ2n) is 6.57. The van der Waals surface area contributed by atoms with Crippen LogP contribution in [0.5, 0.6) is 5.75 Å². The Balaban J connectivity index is 1.76. The first-order valence-electron chi connectivity index (χ1n) is 8.59. The normalized spacial score (nSPS) is 16.4. The van der Waals surface area contributed by atoms with Crippen molar-refractivity contribution >= 4 is 27.4 Å². The summed E-state index contributed by atoms with van der Waals surface area (Å²) in [5.74, 6) is 0.766. The molecule has 2 aromatic rings. The van der Waals surface area contributed by atoms with E-state index >= 15 is 0 Å². The van der Waals surface area contributed by atoms with Crippen LogP contribution >= 0.6 is 0 Å². The fraction of sp³-hybridized carbons (Fsp3) is 0.316. The maximum atomic E-state index is 12.8. The van der Waals surface area contributed by atoms with Gasteiger partial charge in [-0.3, -0.25) is 4.72 Å². The molecule has 0 saturated heterocycles. The molecule has 0 aromatic heterocycles. The largest absolute Gasteiger partial charge is 0.497 e. The summed E-state index contributed by atoms with van der Waals surface area (Å²) in [6, 6.07) is 12.2. The minimum Gasteiger partial charge on any atom is -0.497 e. The number of nitrogens with one attached hydrogen (secondary N) is 2. The van der Waals surface area contributed by atoms with E-state index in [1.54, 1.807) is 36.3 Å². The maximum absolute atomic E-state index is 12.8. The third-order valence-electron chi connectivity index (χ3n) is 4.57. The molecule has 2 aromatic carbocycles. The Morgan fingerprint density at radius 2 is 1.93 bits per heavy atom. The van der Waals surface area contributed by atoms with Crippen LogP contribution in [0.15, 0.2) is 42.5 Å². The zero-order valence-electron chi connectivity index (χ0n) is 15.5. The first-order valence-corrected chi connectivity index (χ1v) is 10.5. The lowest BCUT2D eigenvalue weighted by Gasteiger charge is -2.35. The number of anilines is 2. The zero-order valence-corrected chi connectivity index (χ0v) is 16.3. The molecule has 1 aliphatic rings. The lowest BCUT2D eigenvalue weighted by atomic mass is 9.93. The number of hydrogen-bond acceptors (Lipinski definition) is 4. The van der Waals surface area contributed by atoms with Crippen molar-refractivity contribution in [3.63, 3.8) is 0 Å². The van der Waals surface area contributed by atoms with Crippen LogP contribution in [-0.4, -0.2) is 39.3 Å². The van der Waals surface area contributed by atoms with Crippen molar-refractivity contribution in [3.8, 4) is 5.75 Å². The van der Waals surface area contributed by atoms with E-state index in [0.717, 1.165) is 24.0 Å². The van der Waals surface area contributed by atoms with Gasteiger partial charge in [-0.2, -0.15) is 0 Å². The van der Waals surface area contributed by atoms with E-state index in [1.165, 1.54) is 5.56 Å². The van der Waals surface area contributed by atoms with E-state index in [0.29, 0.717) is 17.9 Å². The summed E-state index contributed by atoms with van der Waals surface area (Å²) in [7, 11) is -1.75. The van der Waals surface area contributed by atoms with Crippen LogP contribution in [0.1, 0.15) is 24.1 Å². The number of methoxy groups -OCH3 is 1. The van der Waals surface area contributed by atoms with Gasteiger partial charge in [-0.15, -0.1) is 0 Å². The number of amides is 2. The highest BCUT2D eigenvalue weighted by molar-refractivity contribution is 7.92. The first kappa shape index (κ1) is 19.0. The SMILES string of the molecule is COc1ccc2c(c1)[C@@H](C)N(C(=O)Nc1cccc(NS(C)(=O)=O)c1)CC2. The van der Waals surface area contributed by atoms with Crippen LogP contribution in [0.2, 0.25) is 0 Å². The summed E-state index contributed by atoms with van der Waals surface area (Å²) >= 11 is 0. The van der Waals surface area contributed by atoms with Gasteiger partial charge < -0.3 is 15.0 Å². The van der Waals surface area contributed by atoms with Crippen LogP contribution in [0.4, 0.5) is 16.2 Å². The average Bonchev–Trinajstić information content (AvgIpc) is 2.60. The van der Waals surface area contributed by atoms with Crippen molar-refractivity contribution in [3.05, 3.63) is 53.6 Å². The van der Waals surface area contributed by atoms with Crippen molar-refractivity contribution < 1.29 is 17.9 Å². The van der Waals surface area contributed by atoms with Gasteiger partial charge in [0.05, 0.1) is 25.1 Å². The van der Waals surface area contributed by atoms with E-state index in [-0.39, 0.29) is 12.1 Å². The van der Waals surface area contributed by atoms with E-state index in [9.17, 15) is 13.2 Å². The maximum Gasteiger partial charge on any atom is 0.322 e. The third-order valence-corrected chi connectivity index (χ3v) is 5.18. The molecule has 3 rings (SSSR count). The number of sulfonamides is 1. The summed E-state index contributed by atoms with van der Waals surface area (Å²) in [5, 5.41) is 2.85. The molecule has 0 unspecified atom stereocenters. The van der Waals surface area contributed by atoms with Crippen LogP contribution in [0.25, 0.3) is 0 Å². The van der Waals surface area contributed by atoms with Gasteiger partial charge in [0.1, 0.15) is 5.75 Å². The Bertz CT molecular complexity index is 959. The van der Waals surface area contributed by atoms with Crippen molar-refractivity contribution in [1.82, 2.24) is 4.90 Å². The number of ether oxygens (including phenoxy) is 1. The lowest BCUT2D eigenvalue weighted by molar-refractivity contribution is 0.188. The molecule has 144 valence electrons. The Kier molecular flexibility index (Phi) is 5.27. The smallest absolute Gasteiger partial charge is 0.322 e. The molecule has 1 atom stereocenters. The number of hydrogen-bond donors (Lipinski definition) is 2. The topological polar surface area (TPSA) is 87.7 Å².